The SMILES string of the molecule is CC1=Cc2c(-c3ccc(C(C)(C)C)cc3)cccc2C1CCC1c2ccccc2-c2ccccc21. The predicted octanol–water partition coefficient (Wildman–Crippen LogP) is 9.74. The maximum absolute atomic E-state index is 2.45. The first-order valence-corrected chi connectivity index (χ1v) is 13.0. The quantitative estimate of drug-likeness (QED) is 0.288. The van der Waals surface area contributed by atoms with E-state index in [0.717, 1.165) is 0 Å². The maximum atomic E-state index is 2.45. The molecular weight excluding hydrogens is 420 g/mol. The van der Waals surface area contributed by atoms with E-state index in [1.807, 2.05) is 0 Å². The third-order valence-corrected chi connectivity index (χ3v) is 8.21. The second kappa shape index (κ2) is 8.38. The monoisotopic (exact) mass is 454 g/mol. The molecule has 2 aliphatic rings. The molecule has 0 aromatic heterocycles. The Labute approximate surface area is 210 Å². The lowest BCUT2D eigenvalue weighted by Crippen LogP contribution is -2.10. The highest BCUT2D eigenvalue weighted by Crippen LogP contribution is 2.49. The molecular formula is C35H34. The minimum Gasteiger partial charge on any atom is -0.0652 e. The van der Waals surface area contributed by atoms with Crippen molar-refractivity contribution in [2.75, 3.05) is 0 Å². The van der Waals surface area contributed by atoms with Gasteiger partial charge in [0.15, 0.2) is 0 Å². The lowest BCUT2D eigenvalue weighted by atomic mass is 9.84. The minimum atomic E-state index is 0.177. The second-order valence-corrected chi connectivity index (χ2v) is 11.4. The number of fused-ring (bicyclic) bond motifs is 4. The van der Waals surface area contributed by atoms with E-state index in [4.69, 9.17) is 0 Å². The van der Waals surface area contributed by atoms with E-state index in [0.29, 0.717) is 11.8 Å². The molecule has 0 fully saturated rings. The van der Waals surface area contributed by atoms with Gasteiger partial charge < -0.3 is 0 Å². The molecule has 0 aliphatic heterocycles. The molecule has 0 N–H and O–H groups in total. The van der Waals surface area contributed by atoms with Gasteiger partial charge in [-0.2, -0.15) is 0 Å². The average molecular weight is 455 g/mol. The third-order valence-electron chi connectivity index (χ3n) is 8.21. The molecule has 0 spiro atoms. The minimum absolute atomic E-state index is 0.177. The molecule has 35 heavy (non-hydrogen) atoms. The smallest absolute Gasteiger partial charge is 0.0102 e. The molecule has 1 unspecified atom stereocenters. The van der Waals surface area contributed by atoms with Crippen LogP contribution in [0.1, 0.15) is 80.2 Å². The van der Waals surface area contributed by atoms with Crippen molar-refractivity contribution in [2.24, 2.45) is 0 Å². The lowest BCUT2D eigenvalue weighted by Gasteiger charge is -2.20. The van der Waals surface area contributed by atoms with Gasteiger partial charge in [0.05, 0.1) is 0 Å². The van der Waals surface area contributed by atoms with Crippen LogP contribution in [0.4, 0.5) is 0 Å². The van der Waals surface area contributed by atoms with Crippen LogP contribution in [-0.4, -0.2) is 0 Å². The van der Waals surface area contributed by atoms with E-state index in [1.165, 1.54) is 68.5 Å². The Kier molecular flexibility index (Phi) is 5.29. The normalized spacial score (nSPS) is 16.6. The molecule has 0 nitrogen and oxygen atoms in total. The fourth-order valence-corrected chi connectivity index (χ4v) is 6.31. The van der Waals surface area contributed by atoms with Crippen LogP contribution >= 0.6 is 0 Å². The molecule has 1 atom stereocenters. The first kappa shape index (κ1) is 22.1. The van der Waals surface area contributed by atoms with E-state index >= 15 is 0 Å². The Morgan fingerprint density at radius 1 is 0.571 bits per heavy atom. The summed E-state index contributed by atoms with van der Waals surface area (Å²) in [5.41, 5.74) is 14.5. The molecule has 6 rings (SSSR count). The highest BCUT2D eigenvalue weighted by molar-refractivity contribution is 5.82. The van der Waals surface area contributed by atoms with Gasteiger partial charge in [0.25, 0.3) is 0 Å². The summed E-state index contributed by atoms with van der Waals surface area (Å²) >= 11 is 0. The van der Waals surface area contributed by atoms with Gasteiger partial charge in [-0.15, -0.1) is 0 Å². The summed E-state index contributed by atoms with van der Waals surface area (Å²) in [4.78, 5) is 0. The van der Waals surface area contributed by atoms with Crippen molar-refractivity contribution in [2.45, 2.75) is 57.8 Å². The Balaban J connectivity index is 1.29. The van der Waals surface area contributed by atoms with E-state index < -0.39 is 0 Å². The Morgan fingerprint density at radius 2 is 1.11 bits per heavy atom. The van der Waals surface area contributed by atoms with E-state index in [2.05, 4.69) is 125 Å². The van der Waals surface area contributed by atoms with Crippen LogP contribution in [-0.2, 0) is 5.41 Å². The second-order valence-electron chi connectivity index (χ2n) is 11.4. The Bertz CT molecular complexity index is 1380. The summed E-state index contributed by atoms with van der Waals surface area (Å²) in [6.07, 6.45) is 4.80. The van der Waals surface area contributed by atoms with Gasteiger partial charge in [-0.25, -0.2) is 0 Å². The molecule has 2 aliphatic carbocycles. The fourth-order valence-electron chi connectivity index (χ4n) is 6.31. The summed E-state index contributed by atoms with van der Waals surface area (Å²) in [7, 11) is 0. The van der Waals surface area contributed by atoms with Crippen LogP contribution in [0, 0.1) is 0 Å². The molecule has 174 valence electrons. The lowest BCUT2D eigenvalue weighted by molar-refractivity contribution is 0.590. The summed E-state index contributed by atoms with van der Waals surface area (Å²) in [6, 6.07) is 34.1. The van der Waals surface area contributed by atoms with Crippen LogP contribution in [0.15, 0.2) is 96.6 Å². The third kappa shape index (κ3) is 3.76. The van der Waals surface area contributed by atoms with Crippen molar-refractivity contribution in [3.05, 3.63) is 124 Å². The molecule has 0 radical (unpaired) electrons. The van der Waals surface area contributed by atoms with Crippen molar-refractivity contribution >= 4 is 6.08 Å². The molecule has 0 bridgehead atoms. The van der Waals surface area contributed by atoms with Crippen LogP contribution < -0.4 is 0 Å². The fraction of sp³-hybridized carbons (Fsp3) is 0.257. The molecule has 0 amide bonds. The van der Waals surface area contributed by atoms with Crippen LogP contribution in [0.25, 0.3) is 28.3 Å². The predicted molar refractivity (Wildman–Crippen MR) is 150 cm³/mol. The zero-order chi connectivity index (χ0) is 24.2. The molecule has 0 saturated heterocycles. The van der Waals surface area contributed by atoms with E-state index in [-0.39, 0.29) is 5.41 Å². The Morgan fingerprint density at radius 3 is 1.74 bits per heavy atom. The number of allylic oxidation sites excluding steroid dienone is 1. The average Bonchev–Trinajstić information content (AvgIpc) is 3.36. The number of hydrogen-bond acceptors (Lipinski definition) is 0. The molecule has 0 saturated carbocycles. The van der Waals surface area contributed by atoms with Gasteiger partial charge in [0.1, 0.15) is 0 Å². The number of rotatable bonds is 4. The summed E-state index contributed by atoms with van der Waals surface area (Å²) in [6.45, 7) is 9.16. The largest absolute Gasteiger partial charge is 0.0652 e. The maximum Gasteiger partial charge on any atom is 0.0102 e. The first-order valence-electron chi connectivity index (χ1n) is 13.0. The number of benzene rings is 4. The molecule has 4 aromatic rings. The zero-order valence-electron chi connectivity index (χ0n) is 21.3. The van der Waals surface area contributed by atoms with Gasteiger partial charge in [-0.3, -0.25) is 0 Å². The van der Waals surface area contributed by atoms with Crippen LogP contribution in [0.3, 0.4) is 0 Å². The highest BCUT2D eigenvalue weighted by Gasteiger charge is 2.31. The van der Waals surface area contributed by atoms with Gasteiger partial charge in [-0.05, 0) is 75.3 Å². The van der Waals surface area contributed by atoms with Gasteiger partial charge >= 0.3 is 0 Å². The number of hydrogen-bond donors (Lipinski definition) is 0. The summed E-state index contributed by atoms with van der Waals surface area (Å²) in [5.74, 6) is 0.992. The Hall–Kier alpha value is -3.38. The van der Waals surface area contributed by atoms with E-state index in [9.17, 15) is 0 Å². The van der Waals surface area contributed by atoms with E-state index in [1.54, 1.807) is 0 Å². The summed E-state index contributed by atoms with van der Waals surface area (Å²) < 4.78 is 0. The zero-order valence-corrected chi connectivity index (χ0v) is 21.3. The molecule has 0 heterocycles. The molecule has 0 heteroatoms. The van der Waals surface area contributed by atoms with Crippen molar-refractivity contribution < 1.29 is 0 Å². The van der Waals surface area contributed by atoms with Gasteiger partial charge in [0, 0.05) is 11.8 Å². The van der Waals surface area contributed by atoms with Crippen LogP contribution in [0.2, 0.25) is 0 Å². The van der Waals surface area contributed by atoms with Crippen molar-refractivity contribution in [3.63, 3.8) is 0 Å². The standard InChI is InChI=1S/C35H34/c1-23-22-34-27(24-16-18-25(19-17-24)35(2,3)4)14-9-15-28(34)26(23)20-21-33-31-12-7-5-10-29(31)30-11-6-8-13-32(30)33/h5-19,22,26,33H,20-21H2,1-4H3. The van der Waals surface area contributed by atoms with Crippen molar-refractivity contribution in [3.8, 4) is 22.3 Å². The van der Waals surface area contributed by atoms with Crippen molar-refractivity contribution in [1.82, 2.24) is 0 Å². The van der Waals surface area contributed by atoms with Gasteiger partial charge in [-0.1, -0.05) is 123 Å². The first-order chi connectivity index (χ1) is 16.9. The van der Waals surface area contributed by atoms with Crippen molar-refractivity contribution in [1.29, 1.82) is 0 Å². The summed E-state index contributed by atoms with van der Waals surface area (Å²) in [5, 5.41) is 0. The topological polar surface area (TPSA) is 0 Å². The van der Waals surface area contributed by atoms with Gasteiger partial charge in [0.2, 0.25) is 0 Å². The highest BCUT2D eigenvalue weighted by atomic mass is 14.3. The molecule has 4 aromatic carbocycles. The van der Waals surface area contributed by atoms with Crippen LogP contribution in [0.5, 0.6) is 0 Å².